The number of rotatable bonds is 10. The van der Waals surface area contributed by atoms with Gasteiger partial charge in [0.25, 0.3) is 0 Å². The van der Waals surface area contributed by atoms with E-state index in [9.17, 15) is 4.79 Å². The molecule has 0 aliphatic carbocycles. The van der Waals surface area contributed by atoms with Crippen molar-refractivity contribution in [3.63, 3.8) is 0 Å². The molecule has 0 unspecified atom stereocenters. The molecular formula is C31H28O4. The molecule has 0 heterocycles. The molecule has 0 fully saturated rings. The molecule has 0 aliphatic rings. The maximum absolute atomic E-state index is 10.8. The second-order valence-electron chi connectivity index (χ2n) is 8.08. The van der Waals surface area contributed by atoms with E-state index >= 15 is 0 Å². The minimum absolute atomic E-state index is 0.364. The molecule has 1 N–H and O–H groups in total. The highest BCUT2D eigenvalue weighted by molar-refractivity contribution is 5.98. The van der Waals surface area contributed by atoms with Crippen LogP contribution in [0.2, 0.25) is 0 Å². The van der Waals surface area contributed by atoms with Crippen molar-refractivity contribution in [2.24, 2.45) is 0 Å². The highest BCUT2D eigenvalue weighted by Gasteiger charge is 2.14. The van der Waals surface area contributed by atoms with E-state index in [1.807, 2.05) is 84.9 Å². The standard InChI is InChI=1S/C31H28O4/c1-2-29(24-11-7-4-8-12-24)31(26-15-19-28(20-16-26)35-22-30(32)33)25-13-17-27(18-14-25)34-21-23-9-5-3-6-10-23/h3-20H,2,21-22H2,1H3,(H,32,33)/b31-29-. The zero-order valence-corrected chi connectivity index (χ0v) is 19.7. The minimum Gasteiger partial charge on any atom is -0.489 e. The van der Waals surface area contributed by atoms with Crippen molar-refractivity contribution in [2.45, 2.75) is 20.0 Å². The summed E-state index contributed by atoms with van der Waals surface area (Å²) in [4.78, 5) is 10.8. The van der Waals surface area contributed by atoms with Gasteiger partial charge in [-0.05, 0) is 64.1 Å². The Morgan fingerprint density at radius 2 is 1.17 bits per heavy atom. The lowest BCUT2D eigenvalue weighted by atomic mass is 9.88. The van der Waals surface area contributed by atoms with Crippen LogP contribution in [0.5, 0.6) is 11.5 Å². The quantitative estimate of drug-likeness (QED) is 0.254. The number of carboxylic acids is 1. The molecular weight excluding hydrogens is 436 g/mol. The van der Waals surface area contributed by atoms with E-state index < -0.39 is 5.97 Å². The average molecular weight is 465 g/mol. The maximum atomic E-state index is 10.8. The van der Waals surface area contributed by atoms with E-state index in [4.69, 9.17) is 14.6 Å². The summed E-state index contributed by atoms with van der Waals surface area (Å²) in [7, 11) is 0. The second-order valence-corrected chi connectivity index (χ2v) is 8.08. The Bertz CT molecular complexity index is 1260. The minimum atomic E-state index is -0.999. The Hall–Kier alpha value is -4.31. The topological polar surface area (TPSA) is 55.8 Å². The Labute approximate surface area is 206 Å². The monoisotopic (exact) mass is 464 g/mol. The van der Waals surface area contributed by atoms with E-state index in [1.165, 1.54) is 11.1 Å². The van der Waals surface area contributed by atoms with Crippen LogP contribution in [0.15, 0.2) is 109 Å². The Balaban J connectivity index is 1.67. The molecule has 4 aromatic rings. The predicted octanol–water partition coefficient (Wildman–Crippen LogP) is 7.10. The molecule has 0 aromatic heterocycles. The van der Waals surface area contributed by atoms with Crippen molar-refractivity contribution in [3.8, 4) is 11.5 Å². The second kappa shape index (κ2) is 11.7. The van der Waals surface area contributed by atoms with Crippen molar-refractivity contribution < 1.29 is 19.4 Å². The Kier molecular flexibility index (Phi) is 7.97. The number of ether oxygens (including phenoxy) is 2. The third-order valence-corrected chi connectivity index (χ3v) is 5.67. The summed E-state index contributed by atoms with van der Waals surface area (Å²) in [5.41, 5.74) is 6.75. The summed E-state index contributed by atoms with van der Waals surface area (Å²) < 4.78 is 11.3. The van der Waals surface area contributed by atoms with Crippen LogP contribution in [0.1, 0.15) is 35.6 Å². The van der Waals surface area contributed by atoms with Crippen LogP contribution in [-0.4, -0.2) is 17.7 Å². The molecule has 0 spiro atoms. The van der Waals surface area contributed by atoms with Gasteiger partial charge < -0.3 is 14.6 Å². The zero-order chi connectivity index (χ0) is 24.5. The molecule has 4 aromatic carbocycles. The summed E-state index contributed by atoms with van der Waals surface area (Å²) in [5, 5.41) is 8.88. The molecule has 0 saturated heterocycles. The van der Waals surface area contributed by atoms with E-state index in [2.05, 4.69) is 31.2 Å². The molecule has 4 nitrogen and oxygen atoms in total. The van der Waals surface area contributed by atoms with Gasteiger partial charge in [0, 0.05) is 0 Å². The van der Waals surface area contributed by atoms with Crippen LogP contribution in [0.3, 0.4) is 0 Å². The predicted molar refractivity (Wildman–Crippen MR) is 139 cm³/mol. The van der Waals surface area contributed by atoms with Crippen LogP contribution < -0.4 is 9.47 Å². The molecule has 0 saturated carbocycles. The van der Waals surface area contributed by atoms with Crippen molar-refractivity contribution in [1.82, 2.24) is 0 Å². The Morgan fingerprint density at radius 1 is 0.657 bits per heavy atom. The SMILES string of the molecule is CC/C(=C(/c1ccc(OCC(=O)O)cc1)c1ccc(OCc2ccccc2)cc1)c1ccccc1. The number of carbonyl (C=O) groups is 1. The van der Waals surface area contributed by atoms with Gasteiger partial charge in [0.2, 0.25) is 0 Å². The summed E-state index contributed by atoms with van der Waals surface area (Å²) in [5.74, 6) is 0.339. The van der Waals surface area contributed by atoms with Crippen molar-refractivity contribution in [2.75, 3.05) is 6.61 Å². The van der Waals surface area contributed by atoms with Crippen LogP contribution in [-0.2, 0) is 11.4 Å². The van der Waals surface area contributed by atoms with Crippen LogP contribution in [0.4, 0.5) is 0 Å². The zero-order valence-electron chi connectivity index (χ0n) is 19.7. The molecule has 4 heteroatoms. The van der Waals surface area contributed by atoms with Gasteiger partial charge in [-0.2, -0.15) is 0 Å². The maximum Gasteiger partial charge on any atom is 0.341 e. The van der Waals surface area contributed by atoms with Gasteiger partial charge in [-0.3, -0.25) is 0 Å². The highest BCUT2D eigenvalue weighted by atomic mass is 16.5. The van der Waals surface area contributed by atoms with E-state index in [-0.39, 0.29) is 6.61 Å². The summed E-state index contributed by atoms with van der Waals surface area (Å²) >= 11 is 0. The number of hydrogen-bond donors (Lipinski definition) is 1. The highest BCUT2D eigenvalue weighted by Crippen LogP contribution is 2.35. The van der Waals surface area contributed by atoms with Gasteiger partial charge in [-0.15, -0.1) is 0 Å². The lowest BCUT2D eigenvalue weighted by molar-refractivity contribution is -0.139. The Morgan fingerprint density at radius 3 is 1.69 bits per heavy atom. The van der Waals surface area contributed by atoms with Gasteiger partial charge in [-0.25, -0.2) is 4.79 Å². The van der Waals surface area contributed by atoms with Gasteiger partial charge in [0.05, 0.1) is 0 Å². The normalized spacial score (nSPS) is 11.5. The van der Waals surface area contributed by atoms with Crippen LogP contribution in [0.25, 0.3) is 11.1 Å². The molecule has 35 heavy (non-hydrogen) atoms. The molecule has 0 radical (unpaired) electrons. The van der Waals surface area contributed by atoms with E-state index in [0.29, 0.717) is 12.4 Å². The molecule has 0 amide bonds. The first-order chi connectivity index (χ1) is 17.1. The first-order valence-electron chi connectivity index (χ1n) is 11.6. The van der Waals surface area contributed by atoms with Gasteiger partial charge in [0.15, 0.2) is 6.61 Å². The average Bonchev–Trinajstić information content (AvgIpc) is 2.91. The van der Waals surface area contributed by atoms with Crippen LogP contribution >= 0.6 is 0 Å². The largest absolute Gasteiger partial charge is 0.489 e. The summed E-state index contributed by atoms with van der Waals surface area (Å²) in [6.07, 6.45) is 0.850. The third kappa shape index (κ3) is 6.39. The molecule has 0 aliphatic heterocycles. The first-order valence-corrected chi connectivity index (χ1v) is 11.6. The molecule has 176 valence electrons. The van der Waals surface area contributed by atoms with Gasteiger partial charge in [0.1, 0.15) is 18.1 Å². The van der Waals surface area contributed by atoms with Gasteiger partial charge >= 0.3 is 5.97 Å². The number of hydrogen-bond acceptors (Lipinski definition) is 3. The van der Waals surface area contributed by atoms with Crippen molar-refractivity contribution in [3.05, 3.63) is 131 Å². The summed E-state index contributed by atoms with van der Waals surface area (Å²) in [6, 6.07) is 36.2. The number of allylic oxidation sites excluding steroid dienone is 1. The summed E-state index contributed by atoms with van der Waals surface area (Å²) in [6.45, 7) is 2.31. The molecule has 0 atom stereocenters. The first kappa shape index (κ1) is 23.8. The van der Waals surface area contributed by atoms with E-state index in [1.54, 1.807) is 0 Å². The van der Waals surface area contributed by atoms with E-state index in [0.717, 1.165) is 34.4 Å². The molecule has 4 rings (SSSR count). The fourth-order valence-corrected chi connectivity index (χ4v) is 4.00. The van der Waals surface area contributed by atoms with Crippen molar-refractivity contribution in [1.29, 1.82) is 0 Å². The fraction of sp³-hybridized carbons (Fsp3) is 0.129. The molecule has 0 bridgehead atoms. The van der Waals surface area contributed by atoms with Gasteiger partial charge in [-0.1, -0.05) is 91.9 Å². The number of benzene rings is 4. The fourth-order valence-electron chi connectivity index (χ4n) is 4.00. The lowest BCUT2D eigenvalue weighted by Gasteiger charge is -2.17. The van der Waals surface area contributed by atoms with Crippen molar-refractivity contribution >= 4 is 17.1 Å². The smallest absolute Gasteiger partial charge is 0.341 e. The van der Waals surface area contributed by atoms with Crippen LogP contribution in [0, 0.1) is 0 Å². The third-order valence-electron chi connectivity index (χ3n) is 5.67. The number of carboxylic acid groups (broad SMARTS) is 1. The number of aliphatic carboxylic acids is 1. The lowest BCUT2D eigenvalue weighted by Crippen LogP contribution is -2.09.